The molecule has 0 spiro atoms. The molecule has 0 N–H and O–H groups in total. The number of esters is 1. The third kappa shape index (κ3) is 3.89. The molecule has 6 nitrogen and oxygen atoms in total. The van der Waals surface area contributed by atoms with Crippen LogP contribution < -0.4 is 0 Å². The van der Waals surface area contributed by atoms with Crippen LogP contribution in [0.15, 0.2) is 51.8 Å². The Labute approximate surface area is 157 Å². The van der Waals surface area contributed by atoms with Crippen LogP contribution in [0.4, 0.5) is 0 Å². The number of carbonyl (C=O) groups excluding carboxylic acids is 1. The first-order valence-corrected chi connectivity index (χ1v) is 9.92. The summed E-state index contributed by atoms with van der Waals surface area (Å²) < 4.78 is 41.0. The van der Waals surface area contributed by atoms with Crippen LogP contribution in [-0.4, -0.2) is 28.6 Å². The van der Waals surface area contributed by atoms with Gasteiger partial charge in [-0.05, 0) is 36.8 Å². The number of aryl methyl sites for hydroxylation is 1. The molecule has 0 bridgehead atoms. The number of hydrogen-bond acceptors (Lipinski definition) is 6. The number of sulfone groups is 1. The van der Waals surface area contributed by atoms with Crippen LogP contribution in [0.3, 0.4) is 0 Å². The van der Waals surface area contributed by atoms with E-state index in [1.807, 2.05) is 6.92 Å². The zero-order chi connectivity index (χ0) is 19.6. The van der Waals surface area contributed by atoms with Crippen LogP contribution in [0.1, 0.15) is 27.2 Å². The molecule has 2 aromatic carbocycles. The minimum atomic E-state index is -3.51. The van der Waals surface area contributed by atoms with Crippen molar-refractivity contribution < 1.29 is 27.1 Å². The third-order valence-electron chi connectivity index (χ3n) is 4.23. The highest BCUT2D eigenvalue weighted by Crippen LogP contribution is 2.29. The van der Waals surface area contributed by atoms with Gasteiger partial charge in [0.1, 0.15) is 23.5 Å². The van der Waals surface area contributed by atoms with Crippen molar-refractivity contribution in [2.24, 2.45) is 0 Å². The van der Waals surface area contributed by atoms with Crippen molar-refractivity contribution in [1.29, 1.82) is 0 Å². The Morgan fingerprint density at radius 2 is 1.78 bits per heavy atom. The van der Waals surface area contributed by atoms with Crippen molar-refractivity contribution in [3.8, 4) is 0 Å². The lowest BCUT2D eigenvalue weighted by molar-refractivity contribution is 0.0594. The van der Waals surface area contributed by atoms with E-state index in [9.17, 15) is 13.2 Å². The molecule has 0 fully saturated rings. The smallest absolute Gasteiger partial charge is 0.342 e. The molecule has 3 rings (SSSR count). The van der Waals surface area contributed by atoms with Crippen LogP contribution in [0.2, 0.25) is 0 Å². The molecule has 0 unspecified atom stereocenters. The van der Waals surface area contributed by atoms with Gasteiger partial charge in [0, 0.05) is 12.5 Å². The van der Waals surface area contributed by atoms with Crippen molar-refractivity contribution in [3.05, 3.63) is 64.9 Å². The second-order valence-corrected chi connectivity index (χ2v) is 8.22. The highest BCUT2D eigenvalue weighted by Gasteiger charge is 2.23. The lowest BCUT2D eigenvalue weighted by Crippen LogP contribution is -2.06. The van der Waals surface area contributed by atoms with E-state index in [0.717, 1.165) is 5.56 Å². The van der Waals surface area contributed by atoms with Gasteiger partial charge in [-0.25, -0.2) is 13.2 Å². The van der Waals surface area contributed by atoms with Crippen LogP contribution in [0.25, 0.3) is 11.0 Å². The van der Waals surface area contributed by atoms with Crippen LogP contribution in [0, 0.1) is 6.92 Å². The van der Waals surface area contributed by atoms with Crippen molar-refractivity contribution in [3.63, 3.8) is 0 Å². The van der Waals surface area contributed by atoms with Crippen molar-refractivity contribution in [2.45, 2.75) is 24.2 Å². The number of furan rings is 1. The van der Waals surface area contributed by atoms with Crippen LogP contribution in [-0.2, 0) is 31.7 Å². The van der Waals surface area contributed by atoms with Gasteiger partial charge in [0.2, 0.25) is 0 Å². The maximum atomic E-state index is 12.7. The van der Waals surface area contributed by atoms with Gasteiger partial charge in [0.15, 0.2) is 9.84 Å². The summed E-state index contributed by atoms with van der Waals surface area (Å²) in [5, 5.41) is 0.505. The standard InChI is InChI=1S/C20H20O6S/c1-13-4-7-15(8-5-13)27(22,23)12-14-6-9-17-16(10-14)19(20(21)25-3)18(26-17)11-24-2/h4-10H,11-12H2,1-3H3. The number of benzene rings is 2. The number of methoxy groups -OCH3 is 2. The van der Waals surface area contributed by atoms with E-state index in [0.29, 0.717) is 22.3 Å². The molecule has 7 heteroatoms. The molecule has 0 saturated carbocycles. The first-order chi connectivity index (χ1) is 12.9. The fourth-order valence-corrected chi connectivity index (χ4v) is 4.23. The Morgan fingerprint density at radius 3 is 2.41 bits per heavy atom. The summed E-state index contributed by atoms with van der Waals surface area (Å²) >= 11 is 0. The SMILES string of the molecule is COCc1oc2ccc(CS(=O)(=O)c3ccc(C)cc3)cc2c1C(=O)OC. The summed E-state index contributed by atoms with van der Waals surface area (Å²) in [6, 6.07) is 11.7. The molecule has 0 aliphatic carbocycles. The molecule has 0 radical (unpaired) electrons. The minimum absolute atomic E-state index is 0.107. The van der Waals surface area contributed by atoms with E-state index in [1.54, 1.807) is 42.5 Å². The minimum Gasteiger partial charge on any atom is -0.465 e. The predicted molar refractivity (Wildman–Crippen MR) is 100 cm³/mol. The Balaban J connectivity index is 2.03. The molecule has 0 aliphatic rings. The van der Waals surface area contributed by atoms with E-state index in [4.69, 9.17) is 13.9 Å². The Bertz CT molecular complexity index is 1080. The van der Waals surface area contributed by atoms with Crippen LogP contribution >= 0.6 is 0 Å². The molecule has 3 aromatic rings. The van der Waals surface area contributed by atoms with Gasteiger partial charge in [-0.2, -0.15) is 0 Å². The van der Waals surface area contributed by atoms with Crippen molar-refractivity contribution >= 4 is 26.8 Å². The van der Waals surface area contributed by atoms with Gasteiger partial charge < -0.3 is 13.9 Å². The molecular weight excluding hydrogens is 368 g/mol. The first kappa shape index (κ1) is 19.1. The second-order valence-electron chi connectivity index (χ2n) is 6.23. The predicted octanol–water partition coefficient (Wildman–Crippen LogP) is 3.65. The summed E-state index contributed by atoms with van der Waals surface area (Å²) in [6.45, 7) is 2.01. The molecule has 0 atom stereocenters. The topological polar surface area (TPSA) is 82.8 Å². The number of carbonyl (C=O) groups is 1. The Hall–Kier alpha value is -2.64. The molecule has 27 heavy (non-hydrogen) atoms. The zero-order valence-electron chi connectivity index (χ0n) is 15.3. The van der Waals surface area contributed by atoms with E-state index in [1.165, 1.54) is 14.2 Å². The van der Waals surface area contributed by atoms with E-state index < -0.39 is 15.8 Å². The van der Waals surface area contributed by atoms with Gasteiger partial charge in [-0.3, -0.25) is 0 Å². The number of hydrogen-bond donors (Lipinski definition) is 0. The summed E-state index contributed by atoms with van der Waals surface area (Å²) in [5.74, 6) is -0.394. The normalized spacial score (nSPS) is 11.7. The van der Waals surface area contributed by atoms with E-state index >= 15 is 0 Å². The van der Waals surface area contributed by atoms with Gasteiger partial charge in [0.25, 0.3) is 0 Å². The number of rotatable bonds is 6. The molecule has 0 saturated heterocycles. The number of fused-ring (bicyclic) bond motifs is 1. The fourth-order valence-electron chi connectivity index (χ4n) is 2.89. The van der Waals surface area contributed by atoms with Gasteiger partial charge >= 0.3 is 5.97 Å². The second kappa shape index (κ2) is 7.54. The first-order valence-electron chi connectivity index (χ1n) is 8.26. The summed E-state index contributed by atoms with van der Waals surface area (Å²) in [7, 11) is -0.737. The maximum Gasteiger partial charge on any atom is 0.342 e. The van der Waals surface area contributed by atoms with E-state index in [2.05, 4.69) is 0 Å². The lowest BCUT2D eigenvalue weighted by atomic mass is 10.1. The maximum absolute atomic E-state index is 12.7. The molecule has 1 heterocycles. The molecule has 0 amide bonds. The lowest BCUT2D eigenvalue weighted by Gasteiger charge is -2.06. The van der Waals surface area contributed by atoms with Gasteiger partial charge in [-0.1, -0.05) is 23.8 Å². The highest BCUT2D eigenvalue weighted by atomic mass is 32.2. The average Bonchev–Trinajstić information content (AvgIpc) is 2.98. The number of ether oxygens (including phenoxy) is 2. The zero-order valence-corrected chi connectivity index (χ0v) is 16.1. The van der Waals surface area contributed by atoms with Crippen LogP contribution in [0.5, 0.6) is 0 Å². The molecule has 142 valence electrons. The average molecular weight is 388 g/mol. The van der Waals surface area contributed by atoms with Gasteiger partial charge in [0.05, 0.1) is 17.8 Å². The summed E-state index contributed by atoms with van der Waals surface area (Å²) in [6.07, 6.45) is 0. The Kier molecular flexibility index (Phi) is 5.34. The summed E-state index contributed by atoms with van der Waals surface area (Å²) in [5.41, 5.74) is 2.27. The monoisotopic (exact) mass is 388 g/mol. The Morgan fingerprint density at radius 1 is 1.07 bits per heavy atom. The molecule has 0 aliphatic heterocycles. The van der Waals surface area contributed by atoms with E-state index in [-0.39, 0.29) is 22.8 Å². The summed E-state index contributed by atoms with van der Waals surface area (Å²) in [4.78, 5) is 12.4. The highest BCUT2D eigenvalue weighted by molar-refractivity contribution is 7.90. The van der Waals surface area contributed by atoms with Crippen molar-refractivity contribution in [1.82, 2.24) is 0 Å². The fraction of sp³-hybridized carbons (Fsp3) is 0.250. The molecule has 1 aromatic heterocycles. The van der Waals surface area contributed by atoms with Crippen molar-refractivity contribution in [2.75, 3.05) is 14.2 Å². The third-order valence-corrected chi connectivity index (χ3v) is 5.93. The van der Waals surface area contributed by atoms with Gasteiger partial charge in [-0.15, -0.1) is 0 Å². The largest absolute Gasteiger partial charge is 0.465 e. The molecular formula is C20H20O6S. The quantitative estimate of drug-likeness (QED) is 0.600.